The molecule has 2 heterocycles. The van der Waals surface area contributed by atoms with E-state index in [-0.39, 0.29) is 17.7 Å². The van der Waals surface area contributed by atoms with Crippen molar-refractivity contribution in [3.05, 3.63) is 35.9 Å². The Labute approximate surface area is 110 Å². The highest BCUT2D eigenvalue weighted by Gasteiger charge is 2.25. The molecular formula is C13H15FN4O. The van der Waals surface area contributed by atoms with Gasteiger partial charge in [-0.2, -0.15) is 4.98 Å². The number of nitrogens with one attached hydrogen (secondary N) is 1. The Kier molecular flexibility index (Phi) is 3.27. The van der Waals surface area contributed by atoms with Crippen LogP contribution in [-0.2, 0) is 0 Å². The van der Waals surface area contributed by atoms with Gasteiger partial charge in [0.05, 0.1) is 11.6 Å². The number of hydrogen-bond donors (Lipinski definition) is 1. The molecule has 1 aliphatic heterocycles. The quantitative estimate of drug-likeness (QED) is 0.887. The third kappa shape index (κ3) is 2.36. The zero-order valence-corrected chi connectivity index (χ0v) is 10.6. The highest BCUT2D eigenvalue weighted by Crippen LogP contribution is 2.24. The Morgan fingerprint density at radius 3 is 3.05 bits per heavy atom. The van der Waals surface area contributed by atoms with Gasteiger partial charge >= 0.3 is 0 Å². The Hall–Kier alpha value is -1.79. The van der Waals surface area contributed by atoms with E-state index < -0.39 is 0 Å². The van der Waals surface area contributed by atoms with E-state index in [1.54, 1.807) is 18.2 Å². The fourth-order valence-corrected chi connectivity index (χ4v) is 2.21. The maximum absolute atomic E-state index is 13.7. The summed E-state index contributed by atoms with van der Waals surface area (Å²) < 4.78 is 18.8. The van der Waals surface area contributed by atoms with Crippen molar-refractivity contribution in [3.8, 4) is 11.5 Å². The van der Waals surface area contributed by atoms with E-state index >= 15 is 0 Å². The van der Waals surface area contributed by atoms with Gasteiger partial charge in [-0.3, -0.25) is 4.90 Å². The summed E-state index contributed by atoms with van der Waals surface area (Å²) in [6.07, 6.45) is 0. The molecule has 1 aromatic carbocycles. The van der Waals surface area contributed by atoms with Crippen LogP contribution in [0.2, 0.25) is 0 Å². The van der Waals surface area contributed by atoms with Gasteiger partial charge in [-0.05, 0) is 19.2 Å². The molecule has 1 atom stereocenters. The molecule has 1 fully saturated rings. The first-order valence-electron chi connectivity index (χ1n) is 6.25. The minimum Gasteiger partial charge on any atom is -0.334 e. The highest BCUT2D eigenvalue weighted by atomic mass is 19.1. The first-order valence-corrected chi connectivity index (χ1v) is 6.25. The number of nitrogens with zero attached hydrogens (tertiary/aromatic N) is 3. The normalized spacial score (nSPS) is 20.6. The first-order chi connectivity index (χ1) is 9.25. The topological polar surface area (TPSA) is 54.2 Å². The van der Waals surface area contributed by atoms with E-state index in [0.717, 1.165) is 19.6 Å². The van der Waals surface area contributed by atoms with Crippen LogP contribution < -0.4 is 5.32 Å². The molecule has 0 aliphatic carbocycles. The van der Waals surface area contributed by atoms with Crippen molar-refractivity contribution in [2.45, 2.75) is 6.04 Å². The number of halogens is 1. The van der Waals surface area contributed by atoms with Crippen LogP contribution >= 0.6 is 0 Å². The lowest BCUT2D eigenvalue weighted by Gasteiger charge is -2.30. The van der Waals surface area contributed by atoms with Crippen molar-refractivity contribution < 1.29 is 8.91 Å². The average molecular weight is 262 g/mol. The van der Waals surface area contributed by atoms with E-state index in [4.69, 9.17) is 4.52 Å². The van der Waals surface area contributed by atoms with E-state index in [2.05, 4.69) is 20.4 Å². The van der Waals surface area contributed by atoms with Crippen LogP contribution in [0.1, 0.15) is 11.9 Å². The second-order valence-electron chi connectivity index (χ2n) is 4.64. The third-order valence-electron chi connectivity index (χ3n) is 3.36. The van der Waals surface area contributed by atoms with Gasteiger partial charge in [-0.1, -0.05) is 17.3 Å². The van der Waals surface area contributed by atoms with Crippen molar-refractivity contribution >= 4 is 0 Å². The summed E-state index contributed by atoms with van der Waals surface area (Å²) in [6, 6.07) is 6.46. The maximum Gasteiger partial charge on any atom is 0.260 e. The van der Waals surface area contributed by atoms with Crippen molar-refractivity contribution in [1.82, 2.24) is 20.4 Å². The van der Waals surface area contributed by atoms with Crippen molar-refractivity contribution in [2.75, 3.05) is 26.7 Å². The van der Waals surface area contributed by atoms with Crippen LogP contribution in [0.4, 0.5) is 4.39 Å². The molecule has 19 heavy (non-hydrogen) atoms. The standard InChI is InChI=1S/C13H15FN4O/c1-18-7-6-15-8-11(18)12-16-13(19-17-12)9-4-2-3-5-10(9)14/h2-5,11,15H,6-8H2,1H3. The molecule has 2 aromatic rings. The van der Waals surface area contributed by atoms with Crippen molar-refractivity contribution in [2.24, 2.45) is 0 Å². The molecule has 1 saturated heterocycles. The second-order valence-corrected chi connectivity index (χ2v) is 4.64. The van der Waals surface area contributed by atoms with Gasteiger partial charge < -0.3 is 9.84 Å². The largest absolute Gasteiger partial charge is 0.334 e. The SMILES string of the molecule is CN1CCNCC1c1noc(-c2ccccc2F)n1. The predicted octanol–water partition coefficient (Wildman–Crippen LogP) is 1.45. The zero-order chi connectivity index (χ0) is 13.2. The average Bonchev–Trinajstić information content (AvgIpc) is 2.89. The molecule has 0 amide bonds. The summed E-state index contributed by atoms with van der Waals surface area (Å²) in [5, 5.41) is 7.26. The number of piperazine rings is 1. The molecular weight excluding hydrogens is 247 g/mol. The first kappa shape index (κ1) is 12.3. The summed E-state index contributed by atoms with van der Waals surface area (Å²) >= 11 is 0. The van der Waals surface area contributed by atoms with Gasteiger partial charge in [0.1, 0.15) is 5.82 Å². The lowest BCUT2D eigenvalue weighted by Crippen LogP contribution is -2.44. The van der Waals surface area contributed by atoms with E-state index in [1.165, 1.54) is 6.07 Å². The fourth-order valence-electron chi connectivity index (χ4n) is 2.21. The molecule has 0 saturated carbocycles. The molecule has 0 radical (unpaired) electrons. The van der Waals surface area contributed by atoms with Crippen molar-refractivity contribution in [1.29, 1.82) is 0 Å². The maximum atomic E-state index is 13.7. The molecule has 3 rings (SSSR count). The summed E-state index contributed by atoms with van der Waals surface area (Å²) in [5.74, 6) is 0.466. The number of likely N-dealkylation sites (N-methyl/N-ethyl adjacent to an activating group) is 1. The van der Waals surface area contributed by atoms with Gasteiger partial charge in [-0.15, -0.1) is 0 Å². The van der Waals surface area contributed by atoms with Crippen LogP contribution in [0.25, 0.3) is 11.5 Å². The summed E-state index contributed by atoms with van der Waals surface area (Å²) in [4.78, 5) is 6.48. The summed E-state index contributed by atoms with van der Waals surface area (Å²) in [5.41, 5.74) is 0.340. The Bertz CT molecular complexity index is 571. The van der Waals surface area contributed by atoms with Crippen LogP contribution in [0.15, 0.2) is 28.8 Å². The molecule has 1 aliphatic rings. The van der Waals surface area contributed by atoms with E-state index in [1.807, 2.05) is 7.05 Å². The molecule has 0 spiro atoms. The number of aromatic nitrogens is 2. The van der Waals surface area contributed by atoms with Gasteiger partial charge in [0.15, 0.2) is 5.82 Å². The monoisotopic (exact) mass is 262 g/mol. The summed E-state index contributed by atoms with van der Waals surface area (Å²) in [6.45, 7) is 2.64. The molecule has 1 aromatic heterocycles. The fraction of sp³-hybridized carbons (Fsp3) is 0.385. The van der Waals surface area contributed by atoms with Gasteiger partial charge in [0.2, 0.25) is 0 Å². The van der Waals surface area contributed by atoms with Gasteiger partial charge in [0, 0.05) is 19.6 Å². The number of hydrogen-bond acceptors (Lipinski definition) is 5. The molecule has 5 nitrogen and oxygen atoms in total. The minimum absolute atomic E-state index is 0.0676. The third-order valence-corrected chi connectivity index (χ3v) is 3.36. The highest BCUT2D eigenvalue weighted by molar-refractivity contribution is 5.53. The predicted molar refractivity (Wildman–Crippen MR) is 67.9 cm³/mol. The number of benzene rings is 1. The molecule has 1 N–H and O–H groups in total. The lowest BCUT2D eigenvalue weighted by molar-refractivity contribution is 0.190. The van der Waals surface area contributed by atoms with E-state index in [9.17, 15) is 4.39 Å². The summed E-state index contributed by atoms with van der Waals surface area (Å²) in [7, 11) is 2.02. The number of rotatable bonds is 2. The van der Waals surface area contributed by atoms with Gasteiger partial charge in [0.25, 0.3) is 5.89 Å². The Morgan fingerprint density at radius 2 is 2.26 bits per heavy atom. The van der Waals surface area contributed by atoms with Crippen LogP contribution in [0.5, 0.6) is 0 Å². The minimum atomic E-state index is -0.354. The lowest BCUT2D eigenvalue weighted by atomic mass is 10.2. The Morgan fingerprint density at radius 1 is 1.42 bits per heavy atom. The van der Waals surface area contributed by atoms with E-state index in [0.29, 0.717) is 11.4 Å². The van der Waals surface area contributed by atoms with Crippen molar-refractivity contribution in [3.63, 3.8) is 0 Å². The zero-order valence-electron chi connectivity index (χ0n) is 10.6. The molecule has 1 unspecified atom stereocenters. The van der Waals surface area contributed by atoms with Crippen LogP contribution in [0.3, 0.4) is 0 Å². The van der Waals surface area contributed by atoms with Gasteiger partial charge in [-0.25, -0.2) is 4.39 Å². The molecule has 0 bridgehead atoms. The second kappa shape index (κ2) is 5.07. The smallest absolute Gasteiger partial charge is 0.260 e. The molecule has 100 valence electrons. The van der Waals surface area contributed by atoms with Crippen LogP contribution in [-0.4, -0.2) is 41.7 Å². The van der Waals surface area contributed by atoms with Crippen LogP contribution in [0, 0.1) is 5.82 Å². The Balaban J connectivity index is 1.89. The molecule has 6 heteroatoms.